The van der Waals surface area contributed by atoms with Crippen molar-refractivity contribution in [2.75, 3.05) is 6.54 Å². The van der Waals surface area contributed by atoms with E-state index in [1.807, 2.05) is 27.7 Å². The monoisotopic (exact) mass is 249 g/mol. The van der Waals surface area contributed by atoms with E-state index in [-0.39, 0.29) is 5.41 Å². The predicted octanol–water partition coefficient (Wildman–Crippen LogP) is 4.68. The van der Waals surface area contributed by atoms with Crippen LogP contribution in [0, 0.1) is 0 Å². The van der Waals surface area contributed by atoms with Crippen LogP contribution in [0.1, 0.15) is 65.2 Å². The van der Waals surface area contributed by atoms with Crippen LogP contribution in [0.3, 0.4) is 0 Å². The van der Waals surface area contributed by atoms with Crippen LogP contribution in [0.4, 0.5) is 0 Å². The van der Waals surface area contributed by atoms with Crippen LogP contribution in [-0.4, -0.2) is 6.54 Å². The van der Waals surface area contributed by atoms with Gasteiger partial charge in [-0.1, -0.05) is 66.7 Å². The number of rotatable bonds is 0. The molecule has 1 heteroatoms. The van der Waals surface area contributed by atoms with Gasteiger partial charge in [-0.3, -0.25) is 0 Å². The van der Waals surface area contributed by atoms with E-state index < -0.39 is 0 Å². The number of hydrogen-bond acceptors (Lipinski definition) is 1. The normalized spacial score (nSPS) is 13.5. The van der Waals surface area contributed by atoms with Crippen molar-refractivity contribution in [3.8, 4) is 0 Å². The Morgan fingerprint density at radius 1 is 1.00 bits per heavy atom. The van der Waals surface area contributed by atoms with Crippen molar-refractivity contribution in [3.05, 3.63) is 34.9 Å². The molecule has 18 heavy (non-hydrogen) atoms. The maximum absolute atomic E-state index is 3.45. The Balaban J connectivity index is 0.000000659. The first-order chi connectivity index (χ1) is 8.59. The highest BCUT2D eigenvalue weighted by atomic mass is 14.9. The fourth-order valence-electron chi connectivity index (χ4n) is 2.22. The summed E-state index contributed by atoms with van der Waals surface area (Å²) in [4.78, 5) is 0. The van der Waals surface area contributed by atoms with Crippen molar-refractivity contribution < 1.29 is 0 Å². The van der Waals surface area contributed by atoms with Crippen LogP contribution < -0.4 is 5.32 Å². The summed E-state index contributed by atoms with van der Waals surface area (Å²) >= 11 is 0. The molecule has 2 rings (SSSR count). The van der Waals surface area contributed by atoms with Crippen LogP contribution in [-0.2, 0) is 18.4 Å². The molecule has 0 unspecified atom stereocenters. The molecule has 0 radical (unpaired) electrons. The number of fused-ring (bicyclic) bond motifs is 1. The summed E-state index contributed by atoms with van der Waals surface area (Å²) < 4.78 is 0. The third-order valence-electron chi connectivity index (χ3n) is 2.95. The second kappa shape index (κ2) is 8.31. The summed E-state index contributed by atoms with van der Waals surface area (Å²) in [5.74, 6) is 0. The number of nitrogens with one attached hydrogen (secondary N) is 1. The van der Waals surface area contributed by atoms with Gasteiger partial charge in [0.05, 0.1) is 0 Å². The molecule has 104 valence electrons. The Kier molecular flexibility index (Phi) is 7.93. The highest BCUT2D eigenvalue weighted by Gasteiger charge is 2.20. The Bertz CT molecular complexity index is 334. The molecule has 0 fully saturated rings. The van der Waals surface area contributed by atoms with Gasteiger partial charge in [-0.15, -0.1) is 0 Å². The van der Waals surface area contributed by atoms with Gasteiger partial charge in [0, 0.05) is 6.54 Å². The summed E-state index contributed by atoms with van der Waals surface area (Å²) in [6.07, 6.45) is 1.18. The first-order valence-corrected chi connectivity index (χ1v) is 7.41. The van der Waals surface area contributed by atoms with Gasteiger partial charge in [0.2, 0.25) is 0 Å². The van der Waals surface area contributed by atoms with Gasteiger partial charge in [0.25, 0.3) is 0 Å². The van der Waals surface area contributed by atoms with Gasteiger partial charge in [0.1, 0.15) is 0 Å². The van der Waals surface area contributed by atoms with E-state index in [1.165, 1.54) is 23.1 Å². The van der Waals surface area contributed by atoms with Crippen molar-refractivity contribution in [2.24, 2.45) is 0 Å². The molecule has 0 aromatic heterocycles. The average Bonchev–Trinajstić information content (AvgIpc) is 2.41. The Morgan fingerprint density at radius 3 is 2.17 bits per heavy atom. The largest absolute Gasteiger partial charge is 0.312 e. The second-order valence-electron chi connectivity index (χ2n) is 5.12. The van der Waals surface area contributed by atoms with E-state index in [0.29, 0.717) is 0 Å². The van der Waals surface area contributed by atoms with Crippen LogP contribution >= 0.6 is 0 Å². The summed E-state index contributed by atoms with van der Waals surface area (Å²) in [7, 11) is 0. The molecule has 1 heterocycles. The molecule has 1 aliphatic rings. The third-order valence-corrected chi connectivity index (χ3v) is 2.95. The topological polar surface area (TPSA) is 12.0 Å². The van der Waals surface area contributed by atoms with Crippen molar-refractivity contribution in [1.82, 2.24) is 5.32 Å². The molecule has 0 saturated carbocycles. The van der Waals surface area contributed by atoms with Crippen molar-refractivity contribution in [2.45, 2.75) is 66.8 Å². The molecule has 0 atom stereocenters. The standard InChI is InChI=1S/C13H19N.2C2H6/c1-13(2,3)12-6-4-5-10-7-8-14-9-11(10)12;2*1-2/h4-6,14H,7-9H2,1-3H3;2*1-2H3. The fourth-order valence-corrected chi connectivity index (χ4v) is 2.22. The van der Waals surface area contributed by atoms with E-state index in [9.17, 15) is 0 Å². The molecular weight excluding hydrogens is 218 g/mol. The molecule has 1 aliphatic heterocycles. The Hall–Kier alpha value is -0.820. The maximum Gasteiger partial charge on any atom is 0.0211 e. The summed E-state index contributed by atoms with van der Waals surface area (Å²) in [5.41, 5.74) is 4.84. The third kappa shape index (κ3) is 4.45. The van der Waals surface area contributed by atoms with E-state index in [1.54, 1.807) is 0 Å². The lowest BCUT2D eigenvalue weighted by molar-refractivity contribution is 0.559. The van der Waals surface area contributed by atoms with Gasteiger partial charge < -0.3 is 5.32 Å². The van der Waals surface area contributed by atoms with Crippen LogP contribution in [0.15, 0.2) is 18.2 Å². The lowest BCUT2D eigenvalue weighted by Gasteiger charge is -2.27. The predicted molar refractivity (Wildman–Crippen MR) is 83.2 cm³/mol. The lowest BCUT2D eigenvalue weighted by atomic mass is 9.81. The fraction of sp³-hybridized carbons (Fsp3) is 0.647. The SMILES string of the molecule is CC.CC.CC(C)(C)c1cccc2c1CNCC2. The second-order valence-corrected chi connectivity index (χ2v) is 5.12. The quantitative estimate of drug-likeness (QED) is 0.704. The highest BCUT2D eigenvalue weighted by molar-refractivity contribution is 5.40. The van der Waals surface area contributed by atoms with E-state index in [0.717, 1.165) is 13.1 Å². The van der Waals surface area contributed by atoms with Gasteiger partial charge in [-0.05, 0) is 35.1 Å². The maximum atomic E-state index is 3.45. The Morgan fingerprint density at radius 2 is 1.61 bits per heavy atom. The van der Waals surface area contributed by atoms with Gasteiger partial charge in [-0.25, -0.2) is 0 Å². The Labute approximate surface area is 114 Å². The van der Waals surface area contributed by atoms with E-state index in [4.69, 9.17) is 0 Å². The zero-order valence-corrected chi connectivity index (χ0v) is 13.4. The highest BCUT2D eigenvalue weighted by Crippen LogP contribution is 2.29. The van der Waals surface area contributed by atoms with Crippen LogP contribution in [0.5, 0.6) is 0 Å². The molecule has 1 N–H and O–H groups in total. The summed E-state index contributed by atoms with van der Waals surface area (Å²) in [6, 6.07) is 6.74. The van der Waals surface area contributed by atoms with Crippen LogP contribution in [0.25, 0.3) is 0 Å². The molecular formula is C17H31N. The smallest absolute Gasteiger partial charge is 0.0211 e. The first-order valence-electron chi connectivity index (χ1n) is 7.41. The molecule has 0 spiro atoms. The zero-order valence-electron chi connectivity index (χ0n) is 13.4. The van der Waals surface area contributed by atoms with E-state index in [2.05, 4.69) is 44.3 Å². The molecule has 0 saturated heterocycles. The van der Waals surface area contributed by atoms with Crippen LogP contribution in [0.2, 0.25) is 0 Å². The minimum Gasteiger partial charge on any atom is -0.312 e. The molecule has 0 amide bonds. The number of hydrogen-bond donors (Lipinski definition) is 1. The van der Waals surface area contributed by atoms with Gasteiger partial charge in [-0.2, -0.15) is 0 Å². The molecule has 1 aromatic carbocycles. The minimum absolute atomic E-state index is 0.268. The first kappa shape index (κ1) is 17.2. The minimum atomic E-state index is 0.268. The molecule has 0 bridgehead atoms. The molecule has 1 aromatic rings. The molecule has 0 aliphatic carbocycles. The van der Waals surface area contributed by atoms with Gasteiger partial charge in [0.15, 0.2) is 0 Å². The van der Waals surface area contributed by atoms with E-state index >= 15 is 0 Å². The summed E-state index contributed by atoms with van der Waals surface area (Å²) in [6.45, 7) is 17.0. The van der Waals surface area contributed by atoms with Gasteiger partial charge >= 0.3 is 0 Å². The lowest BCUT2D eigenvalue weighted by Crippen LogP contribution is -2.27. The average molecular weight is 249 g/mol. The van der Waals surface area contributed by atoms with Crippen molar-refractivity contribution >= 4 is 0 Å². The van der Waals surface area contributed by atoms with Crippen molar-refractivity contribution in [1.29, 1.82) is 0 Å². The number of benzene rings is 1. The summed E-state index contributed by atoms with van der Waals surface area (Å²) in [5, 5.41) is 3.45. The molecule has 1 nitrogen and oxygen atoms in total. The van der Waals surface area contributed by atoms with Crippen molar-refractivity contribution in [3.63, 3.8) is 0 Å². The zero-order chi connectivity index (χ0) is 14.2.